The summed E-state index contributed by atoms with van der Waals surface area (Å²) < 4.78 is 0. The number of halogens is 1. The van der Waals surface area contributed by atoms with Crippen LogP contribution in [0.3, 0.4) is 0 Å². The van der Waals surface area contributed by atoms with Gasteiger partial charge in [-0.15, -0.1) is 0 Å². The zero-order valence-electron chi connectivity index (χ0n) is 8.91. The molecule has 1 saturated carbocycles. The van der Waals surface area contributed by atoms with Crippen molar-refractivity contribution >= 4 is 17.4 Å². The lowest BCUT2D eigenvalue weighted by molar-refractivity contribution is 0.270. The first-order valence-electron chi connectivity index (χ1n) is 5.53. The fourth-order valence-corrected chi connectivity index (χ4v) is 2.14. The Bertz CT molecular complexity index is 325. The van der Waals surface area contributed by atoms with E-state index in [0.717, 1.165) is 18.2 Å². The van der Waals surface area contributed by atoms with Crippen molar-refractivity contribution in [3.8, 4) is 0 Å². The average Bonchev–Trinajstić information content (AvgIpc) is 2.14. The van der Waals surface area contributed by atoms with Crippen LogP contribution in [0.5, 0.6) is 0 Å². The Hall–Kier alpha value is -0.830. The first-order chi connectivity index (χ1) is 7.29. The van der Waals surface area contributed by atoms with Crippen LogP contribution in [-0.2, 0) is 0 Å². The minimum atomic E-state index is 0.496. The Morgan fingerprint density at radius 3 is 2.87 bits per heavy atom. The summed E-state index contributed by atoms with van der Waals surface area (Å²) in [4.78, 5) is 8.03. The molecule has 2 rings (SSSR count). The van der Waals surface area contributed by atoms with Crippen molar-refractivity contribution in [2.45, 2.75) is 38.6 Å². The summed E-state index contributed by atoms with van der Waals surface area (Å²) in [6.07, 6.45) is 6.67. The summed E-state index contributed by atoms with van der Waals surface area (Å²) in [5.41, 5.74) is 0. The summed E-state index contributed by atoms with van der Waals surface area (Å²) in [6.45, 7) is 2.21. The number of nitrogens with zero attached hydrogens (tertiary/aromatic N) is 2. The summed E-state index contributed by atoms with van der Waals surface area (Å²) in [5, 5.41) is 3.93. The second-order valence-corrected chi connectivity index (χ2v) is 4.46. The van der Waals surface area contributed by atoms with Crippen LogP contribution < -0.4 is 5.32 Å². The van der Waals surface area contributed by atoms with Crippen molar-refractivity contribution in [3.63, 3.8) is 0 Å². The van der Waals surface area contributed by atoms with E-state index in [2.05, 4.69) is 22.2 Å². The third-order valence-electron chi connectivity index (χ3n) is 3.13. The fourth-order valence-electron chi connectivity index (χ4n) is 2.00. The van der Waals surface area contributed by atoms with E-state index in [1.807, 2.05) is 0 Å². The molecule has 0 bridgehead atoms. The Balaban J connectivity index is 1.99. The van der Waals surface area contributed by atoms with Crippen molar-refractivity contribution in [2.75, 3.05) is 5.32 Å². The molecule has 1 heterocycles. The van der Waals surface area contributed by atoms with E-state index in [1.54, 1.807) is 6.07 Å². The molecule has 0 aromatic carbocycles. The second kappa shape index (κ2) is 4.79. The van der Waals surface area contributed by atoms with Gasteiger partial charge >= 0.3 is 0 Å². The van der Waals surface area contributed by atoms with Gasteiger partial charge in [0, 0.05) is 12.1 Å². The first-order valence-corrected chi connectivity index (χ1v) is 5.91. The van der Waals surface area contributed by atoms with Gasteiger partial charge in [-0.2, -0.15) is 0 Å². The minimum absolute atomic E-state index is 0.496. The molecule has 1 atom stereocenters. The number of hydrogen-bond donors (Lipinski definition) is 1. The van der Waals surface area contributed by atoms with E-state index in [4.69, 9.17) is 11.6 Å². The van der Waals surface area contributed by atoms with Crippen LogP contribution in [-0.4, -0.2) is 16.0 Å². The van der Waals surface area contributed by atoms with Crippen LogP contribution in [0, 0.1) is 5.92 Å². The Morgan fingerprint density at radius 2 is 2.33 bits per heavy atom. The van der Waals surface area contributed by atoms with Gasteiger partial charge in [-0.1, -0.05) is 24.9 Å². The molecule has 0 spiro atoms. The predicted molar refractivity (Wildman–Crippen MR) is 62.1 cm³/mol. The Kier molecular flexibility index (Phi) is 3.41. The van der Waals surface area contributed by atoms with Gasteiger partial charge in [0.1, 0.15) is 17.3 Å². The molecule has 3 nitrogen and oxygen atoms in total. The van der Waals surface area contributed by atoms with E-state index >= 15 is 0 Å². The van der Waals surface area contributed by atoms with Crippen molar-refractivity contribution in [3.05, 3.63) is 17.5 Å². The minimum Gasteiger partial charge on any atom is -0.367 e. The molecule has 0 amide bonds. The maximum absolute atomic E-state index is 5.81. The van der Waals surface area contributed by atoms with E-state index in [1.165, 1.54) is 25.6 Å². The molecule has 1 aliphatic carbocycles. The zero-order valence-corrected chi connectivity index (χ0v) is 9.67. The van der Waals surface area contributed by atoms with E-state index < -0.39 is 0 Å². The van der Waals surface area contributed by atoms with Gasteiger partial charge in [-0.3, -0.25) is 0 Å². The fraction of sp³-hybridized carbons (Fsp3) is 0.636. The number of rotatable bonds is 4. The molecule has 1 aromatic heterocycles. The highest BCUT2D eigenvalue weighted by Crippen LogP contribution is 2.32. The van der Waals surface area contributed by atoms with Crippen LogP contribution in [0.25, 0.3) is 0 Å². The standard InChI is InChI=1S/C11H16ClN3/c1-2-9(8-4-3-5-8)15-11-6-10(12)13-7-14-11/h6-9H,2-5H2,1H3,(H,13,14,15). The molecule has 0 radical (unpaired) electrons. The molecule has 15 heavy (non-hydrogen) atoms. The summed E-state index contributed by atoms with van der Waals surface area (Å²) in [7, 11) is 0. The van der Waals surface area contributed by atoms with Crippen molar-refractivity contribution < 1.29 is 0 Å². The zero-order chi connectivity index (χ0) is 10.7. The predicted octanol–water partition coefficient (Wildman–Crippen LogP) is 3.12. The van der Waals surface area contributed by atoms with Crippen molar-refractivity contribution in [1.29, 1.82) is 0 Å². The number of nitrogens with one attached hydrogen (secondary N) is 1. The van der Waals surface area contributed by atoms with Crippen molar-refractivity contribution in [1.82, 2.24) is 9.97 Å². The highest BCUT2D eigenvalue weighted by atomic mass is 35.5. The average molecular weight is 226 g/mol. The summed E-state index contributed by atoms with van der Waals surface area (Å²) >= 11 is 5.81. The number of aromatic nitrogens is 2. The Labute approximate surface area is 95.3 Å². The number of hydrogen-bond acceptors (Lipinski definition) is 3. The molecule has 1 fully saturated rings. The molecule has 4 heteroatoms. The van der Waals surface area contributed by atoms with E-state index in [-0.39, 0.29) is 0 Å². The third-order valence-corrected chi connectivity index (χ3v) is 3.33. The topological polar surface area (TPSA) is 37.8 Å². The molecule has 1 unspecified atom stereocenters. The lowest BCUT2D eigenvalue weighted by atomic mass is 9.79. The first kappa shape index (κ1) is 10.7. The molecular formula is C11H16ClN3. The maximum atomic E-state index is 5.81. The van der Waals surface area contributed by atoms with E-state index in [9.17, 15) is 0 Å². The van der Waals surface area contributed by atoms with Gasteiger partial charge in [-0.25, -0.2) is 9.97 Å². The van der Waals surface area contributed by atoms with Gasteiger partial charge < -0.3 is 5.32 Å². The quantitative estimate of drug-likeness (QED) is 0.801. The Morgan fingerprint density at radius 1 is 1.53 bits per heavy atom. The van der Waals surface area contributed by atoms with Crippen LogP contribution in [0.2, 0.25) is 5.15 Å². The largest absolute Gasteiger partial charge is 0.367 e. The second-order valence-electron chi connectivity index (χ2n) is 4.08. The van der Waals surface area contributed by atoms with Gasteiger partial charge in [0.05, 0.1) is 0 Å². The molecule has 0 saturated heterocycles. The molecule has 82 valence electrons. The smallest absolute Gasteiger partial charge is 0.134 e. The van der Waals surface area contributed by atoms with Gasteiger partial charge in [0.2, 0.25) is 0 Å². The monoisotopic (exact) mass is 225 g/mol. The normalized spacial score (nSPS) is 18.3. The van der Waals surface area contributed by atoms with Crippen LogP contribution in [0.15, 0.2) is 12.4 Å². The van der Waals surface area contributed by atoms with Gasteiger partial charge in [-0.05, 0) is 25.2 Å². The van der Waals surface area contributed by atoms with Crippen LogP contribution in [0.1, 0.15) is 32.6 Å². The van der Waals surface area contributed by atoms with Gasteiger partial charge in [0.15, 0.2) is 0 Å². The lowest BCUT2D eigenvalue weighted by Gasteiger charge is -2.34. The van der Waals surface area contributed by atoms with Gasteiger partial charge in [0.25, 0.3) is 0 Å². The highest BCUT2D eigenvalue weighted by molar-refractivity contribution is 6.29. The lowest BCUT2D eigenvalue weighted by Crippen LogP contribution is -2.33. The highest BCUT2D eigenvalue weighted by Gasteiger charge is 2.25. The maximum Gasteiger partial charge on any atom is 0.134 e. The summed E-state index contributed by atoms with van der Waals surface area (Å²) in [6, 6.07) is 2.31. The number of anilines is 1. The molecule has 0 aliphatic heterocycles. The van der Waals surface area contributed by atoms with Crippen LogP contribution in [0.4, 0.5) is 5.82 Å². The molecule has 1 aliphatic rings. The summed E-state index contributed by atoms with van der Waals surface area (Å²) in [5.74, 6) is 1.65. The third kappa shape index (κ3) is 2.59. The molecule has 1 aromatic rings. The van der Waals surface area contributed by atoms with Crippen molar-refractivity contribution in [2.24, 2.45) is 5.92 Å². The van der Waals surface area contributed by atoms with E-state index in [0.29, 0.717) is 11.2 Å². The SMILES string of the molecule is CCC(Nc1cc(Cl)ncn1)C1CCC1. The van der Waals surface area contributed by atoms with Crippen LogP contribution >= 0.6 is 11.6 Å². The molecule has 1 N–H and O–H groups in total. The molecular weight excluding hydrogens is 210 g/mol.